The average Bonchev–Trinajstić information content (AvgIpc) is 2.64. The Kier molecular flexibility index (Phi) is 4.89. The molecule has 1 fully saturated rings. The van der Waals surface area contributed by atoms with Gasteiger partial charge in [0.2, 0.25) is 11.8 Å². The highest BCUT2D eigenvalue weighted by Crippen LogP contribution is 2.17. The molecule has 20 heavy (non-hydrogen) atoms. The summed E-state index contributed by atoms with van der Waals surface area (Å²) in [4.78, 5) is 25.6. The van der Waals surface area contributed by atoms with Crippen molar-refractivity contribution in [2.75, 3.05) is 35.8 Å². The molecule has 6 heteroatoms. The number of hydrogen-bond donors (Lipinski definition) is 2. The molecule has 0 aromatic heterocycles. The van der Waals surface area contributed by atoms with Crippen molar-refractivity contribution in [1.29, 1.82) is 0 Å². The van der Waals surface area contributed by atoms with Crippen LogP contribution in [0.4, 0.5) is 11.4 Å². The van der Waals surface area contributed by atoms with Crippen molar-refractivity contribution < 1.29 is 9.59 Å². The van der Waals surface area contributed by atoms with Crippen LogP contribution < -0.4 is 15.5 Å². The first-order valence-corrected chi connectivity index (χ1v) is 7.67. The van der Waals surface area contributed by atoms with Crippen LogP contribution in [0, 0.1) is 0 Å². The third-order valence-electron chi connectivity index (χ3n) is 3.06. The molecule has 1 aliphatic heterocycles. The number of nitrogens with zero attached hydrogens (tertiary/aromatic N) is 1. The minimum absolute atomic E-state index is 0.0573. The summed E-state index contributed by atoms with van der Waals surface area (Å²) in [6.45, 7) is 0. The molecule has 1 aromatic carbocycles. The Morgan fingerprint density at radius 2 is 2.05 bits per heavy atom. The van der Waals surface area contributed by atoms with Gasteiger partial charge in [-0.05, 0) is 24.3 Å². The average molecular weight is 293 g/mol. The van der Waals surface area contributed by atoms with Gasteiger partial charge in [0, 0.05) is 43.4 Å². The SMILES string of the molecule is CN(C)c1ccc(NC(=O)[C@@H]2CSCCC(=O)N2)cc1. The van der Waals surface area contributed by atoms with Crippen molar-refractivity contribution in [3.8, 4) is 0 Å². The molecule has 0 radical (unpaired) electrons. The molecule has 0 unspecified atom stereocenters. The van der Waals surface area contributed by atoms with Crippen molar-refractivity contribution in [1.82, 2.24) is 5.32 Å². The van der Waals surface area contributed by atoms with Crippen molar-refractivity contribution in [2.45, 2.75) is 12.5 Å². The summed E-state index contributed by atoms with van der Waals surface area (Å²) in [6.07, 6.45) is 0.478. The quantitative estimate of drug-likeness (QED) is 0.882. The first kappa shape index (κ1) is 14.7. The van der Waals surface area contributed by atoms with E-state index in [-0.39, 0.29) is 11.8 Å². The van der Waals surface area contributed by atoms with E-state index in [1.54, 1.807) is 11.8 Å². The topological polar surface area (TPSA) is 61.4 Å². The van der Waals surface area contributed by atoms with E-state index in [2.05, 4.69) is 10.6 Å². The molecule has 2 amide bonds. The van der Waals surface area contributed by atoms with E-state index < -0.39 is 6.04 Å². The molecular formula is C14H19N3O2S. The molecule has 1 aliphatic rings. The zero-order valence-electron chi connectivity index (χ0n) is 11.7. The van der Waals surface area contributed by atoms with Crippen LogP contribution in [0.5, 0.6) is 0 Å². The second-order valence-electron chi connectivity index (χ2n) is 4.88. The molecule has 1 saturated heterocycles. The second kappa shape index (κ2) is 6.65. The zero-order valence-corrected chi connectivity index (χ0v) is 12.5. The molecule has 0 aliphatic carbocycles. The van der Waals surface area contributed by atoms with E-state index in [1.807, 2.05) is 43.3 Å². The van der Waals surface area contributed by atoms with E-state index in [1.165, 1.54) is 0 Å². The standard InChI is InChI=1S/C14H19N3O2S/c1-17(2)11-5-3-10(4-6-11)15-14(19)12-9-20-8-7-13(18)16-12/h3-6,12H,7-9H2,1-2H3,(H,15,19)(H,16,18)/t12-/m0/s1. The van der Waals surface area contributed by atoms with Gasteiger partial charge in [-0.25, -0.2) is 0 Å². The number of thioether (sulfide) groups is 1. The Hall–Kier alpha value is -1.69. The zero-order chi connectivity index (χ0) is 14.5. The molecule has 5 nitrogen and oxygen atoms in total. The molecular weight excluding hydrogens is 274 g/mol. The molecule has 2 rings (SSSR count). The Balaban J connectivity index is 1.98. The number of anilines is 2. The Morgan fingerprint density at radius 3 is 2.70 bits per heavy atom. The van der Waals surface area contributed by atoms with Crippen LogP contribution in [0.2, 0.25) is 0 Å². The number of hydrogen-bond acceptors (Lipinski definition) is 4. The lowest BCUT2D eigenvalue weighted by atomic mass is 10.2. The van der Waals surface area contributed by atoms with Crippen LogP contribution in [0.15, 0.2) is 24.3 Å². The Labute approximate surface area is 123 Å². The van der Waals surface area contributed by atoms with Gasteiger partial charge in [-0.3, -0.25) is 9.59 Å². The van der Waals surface area contributed by atoms with E-state index in [0.29, 0.717) is 12.2 Å². The van der Waals surface area contributed by atoms with Gasteiger partial charge in [0.15, 0.2) is 0 Å². The van der Waals surface area contributed by atoms with Gasteiger partial charge < -0.3 is 15.5 Å². The summed E-state index contributed by atoms with van der Waals surface area (Å²) in [5, 5.41) is 5.59. The van der Waals surface area contributed by atoms with Crippen molar-refractivity contribution >= 4 is 35.0 Å². The van der Waals surface area contributed by atoms with Crippen LogP contribution in [0.1, 0.15) is 6.42 Å². The predicted octanol–water partition coefficient (Wildman–Crippen LogP) is 1.31. The fraction of sp³-hybridized carbons (Fsp3) is 0.429. The van der Waals surface area contributed by atoms with Crippen LogP contribution in [0.25, 0.3) is 0 Å². The van der Waals surface area contributed by atoms with Crippen LogP contribution in [-0.2, 0) is 9.59 Å². The van der Waals surface area contributed by atoms with Gasteiger partial charge in [0.25, 0.3) is 0 Å². The van der Waals surface area contributed by atoms with Gasteiger partial charge in [0.05, 0.1) is 0 Å². The lowest BCUT2D eigenvalue weighted by molar-refractivity contribution is -0.125. The number of carbonyl (C=O) groups excluding carboxylic acids is 2. The predicted molar refractivity (Wildman–Crippen MR) is 83.3 cm³/mol. The fourth-order valence-electron chi connectivity index (χ4n) is 1.89. The summed E-state index contributed by atoms with van der Waals surface area (Å²) in [5.74, 6) is 1.17. The molecule has 1 aromatic rings. The molecule has 108 valence electrons. The van der Waals surface area contributed by atoms with Gasteiger partial charge in [-0.1, -0.05) is 0 Å². The van der Waals surface area contributed by atoms with Crippen molar-refractivity contribution in [3.63, 3.8) is 0 Å². The van der Waals surface area contributed by atoms with E-state index in [9.17, 15) is 9.59 Å². The van der Waals surface area contributed by atoms with Gasteiger partial charge in [0.1, 0.15) is 6.04 Å². The summed E-state index contributed by atoms with van der Waals surface area (Å²) in [6, 6.07) is 7.15. The molecule has 0 bridgehead atoms. The Morgan fingerprint density at radius 1 is 1.35 bits per heavy atom. The first-order valence-electron chi connectivity index (χ1n) is 6.51. The minimum Gasteiger partial charge on any atom is -0.378 e. The molecule has 0 saturated carbocycles. The number of benzene rings is 1. The lowest BCUT2D eigenvalue weighted by Crippen LogP contribution is -2.44. The van der Waals surface area contributed by atoms with Crippen LogP contribution in [-0.4, -0.2) is 43.5 Å². The highest BCUT2D eigenvalue weighted by Gasteiger charge is 2.23. The molecule has 2 N–H and O–H groups in total. The molecule has 0 spiro atoms. The fourth-order valence-corrected chi connectivity index (χ4v) is 2.85. The van der Waals surface area contributed by atoms with Crippen LogP contribution >= 0.6 is 11.8 Å². The normalized spacial score (nSPS) is 18.9. The number of amides is 2. The number of nitrogens with one attached hydrogen (secondary N) is 2. The largest absolute Gasteiger partial charge is 0.378 e. The maximum Gasteiger partial charge on any atom is 0.247 e. The maximum absolute atomic E-state index is 12.1. The van der Waals surface area contributed by atoms with Crippen molar-refractivity contribution in [2.24, 2.45) is 0 Å². The first-order chi connectivity index (χ1) is 9.56. The van der Waals surface area contributed by atoms with Gasteiger partial charge in [-0.2, -0.15) is 11.8 Å². The van der Waals surface area contributed by atoms with E-state index in [0.717, 1.165) is 17.1 Å². The van der Waals surface area contributed by atoms with E-state index in [4.69, 9.17) is 0 Å². The summed E-state index contributed by atoms with van der Waals surface area (Å²) in [5.41, 5.74) is 1.81. The highest BCUT2D eigenvalue weighted by molar-refractivity contribution is 7.99. The molecule has 1 atom stereocenters. The van der Waals surface area contributed by atoms with Gasteiger partial charge >= 0.3 is 0 Å². The third kappa shape index (κ3) is 3.90. The monoisotopic (exact) mass is 293 g/mol. The summed E-state index contributed by atoms with van der Waals surface area (Å²) in [7, 11) is 3.93. The summed E-state index contributed by atoms with van der Waals surface area (Å²) >= 11 is 1.62. The van der Waals surface area contributed by atoms with Crippen LogP contribution in [0.3, 0.4) is 0 Å². The number of carbonyl (C=O) groups is 2. The third-order valence-corrected chi connectivity index (χ3v) is 4.12. The number of rotatable bonds is 3. The second-order valence-corrected chi connectivity index (χ2v) is 6.03. The van der Waals surface area contributed by atoms with E-state index >= 15 is 0 Å². The summed E-state index contributed by atoms with van der Waals surface area (Å²) < 4.78 is 0. The van der Waals surface area contributed by atoms with Gasteiger partial charge in [-0.15, -0.1) is 0 Å². The highest BCUT2D eigenvalue weighted by atomic mass is 32.2. The van der Waals surface area contributed by atoms with Crippen molar-refractivity contribution in [3.05, 3.63) is 24.3 Å². The maximum atomic E-state index is 12.1. The lowest BCUT2D eigenvalue weighted by Gasteiger charge is -2.16. The smallest absolute Gasteiger partial charge is 0.247 e. The Bertz CT molecular complexity index is 488. The molecule has 1 heterocycles. The minimum atomic E-state index is -0.455.